The van der Waals surface area contributed by atoms with E-state index in [4.69, 9.17) is 0 Å². The molecular formula is C17H21N3. The van der Waals surface area contributed by atoms with E-state index >= 15 is 0 Å². The Morgan fingerprint density at radius 3 is 1.90 bits per heavy atom. The van der Waals surface area contributed by atoms with Crippen LogP contribution in [0.3, 0.4) is 0 Å². The van der Waals surface area contributed by atoms with Gasteiger partial charge in [0, 0.05) is 26.7 Å². The minimum atomic E-state index is 1.01. The molecule has 1 N–H and O–H groups in total. The molecule has 2 aromatic rings. The zero-order chi connectivity index (χ0) is 13.9. The second-order valence-electron chi connectivity index (χ2n) is 5.57. The Bertz CT molecular complexity index is 491. The van der Waals surface area contributed by atoms with E-state index < -0.39 is 0 Å². The molecule has 0 radical (unpaired) electrons. The lowest BCUT2D eigenvalue weighted by Crippen LogP contribution is -2.16. The van der Waals surface area contributed by atoms with Crippen LogP contribution in [0.1, 0.15) is 16.7 Å². The first-order chi connectivity index (χ1) is 9.72. The monoisotopic (exact) mass is 267 g/mol. The summed E-state index contributed by atoms with van der Waals surface area (Å²) in [5.41, 5.74) is 8.83. The maximum absolute atomic E-state index is 3.23. The molecule has 20 heavy (non-hydrogen) atoms. The molecule has 0 atom stereocenters. The lowest BCUT2D eigenvalue weighted by molar-refractivity contribution is 0.353. The molecule has 0 unspecified atom stereocenters. The summed E-state index contributed by atoms with van der Waals surface area (Å²) < 4.78 is 0. The number of nitrogens with one attached hydrogen (secondary N) is 1. The van der Waals surface area contributed by atoms with Crippen LogP contribution in [-0.4, -0.2) is 24.0 Å². The molecule has 2 heterocycles. The fourth-order valence-corrected chi connectivity index (χ4v) is 2.77. The smallest absolute Gasteiger partial charge is 0.0535 e. The molecule has 0 saturated heterocycles. The highest BCUT2D eigenvalue weighted by atomic mass is 15.5. The molecule has 3 nitrogen and oxygen atoms in total. The van der Waals surface area contributed by atoms with Gasteiger partial charge in [0.25, 0.3) is 0 Å². The summed E-state index contributed by atoms with van der Waals surface area (Å²) >= 11 is 0. The van der Waals surface area contributed by atoms with Gasteiger partial charge in [-0.05, 0) is 29.8 Å². The predicted octanol–water partition coefficient (Wildman–Crippen LogP) is 3.09. The normalized spacial score (nSPS) is 16.9. The Balaban J connectivity index is 0.000000121. The number of nitrogens with zero attached hydrogens (tertiary/aromatic N) is 2. The molecule has 0 aromatic heterocycles. The van der Waals surface area contributed by atoms with E-state index in [2.05, 4.69) is 64.8 Å². The van der Waals surface area contributed by atoms with Crippen molar-refractivity contribution in [2.75, 3.05) is 19.5 Å². The standard InChI is InChI=1S/C9H11N.C8H10N2/c1-10-6-8-4-2-3-5-9(8)7-10;1-10-6-7-4-2-3-5-8(7)9-10/h2-5H,6-7H2,1H3;2-5,9H,6H2,1H3. The highest BCUT2D eigenvalue weighted by Crippen LogP contribution is 2.22. The molecule has 0 aliphatic carbocycles. The van der Waals surface area contributed by atoms with Gasteiger partial charge in [0.05, 0.1) is 5.69 Å². The second kappa shape index (κ2) is 5.65. The average Bonchev–Trinajstić information content (AvgIpc) is 2.99. The van der Waals surface area contributed by atoms with Crippen molar-refractivity contribution in [3.8, 4) is 0 Å². The summed E-state index contributed by atoms with van der Waals surface area (Å²) in [5.74, 6) is 0. The summed E-state index contributed by atoms with van der Waals surface area (Å²) in [6.45, 7) is 3.25. The first-order valence-corrected chi connectivity index (χ1v) is 7.03. The number of anilines is 1. The highest BCUT2D eigenvalue weighted by molar-refractivity contribution is 5.53. The summed E-state index contributed by atoms with van der Waals surface area (Å²) in [6, 6.07) is 17.0. The number of hydrogen-bond acceptors (Lipinski definition) is 3. The number of hydrazine groups is 1. The van der Waals surface area contributed by atoms with Gasteiger partial charge in [-0.1, -0.05) is 42.5 Å². The number of hydrogen-bond donors (Lipinski definition) is 1. The van der Waals surface area contributed by atoms with Crippen molar-refractivity contribution >= 4 is 5.69 Å². The summed E-state index contributed by atoms with van der Waals surface area (Å²) in [4.78, 5) is 2.32. The molecule has 0 bridgehead atoms. The van der Waals surface area contributed by atoms with Crippen LogP contribution < -0.4 is 5.43 Å². The molecule has 2 aliphatic heterocycles. The third-order valence-electron chi connectivity index (χ3n) is 3.74. The lowest BCUT2D eigenvalue weighted by atomic mass is 10.1. The van der Waals surface area contributed by atoms with Crippen molar-refractivity contribution < 1.29 is 0 Å². The number of para-hydroxylation sites is 1. The number of benzene rings is 2. The quantitative estimate of drug-likeness (QED) is 0.791. The molecule has 3 heteroatoms. The molecular weight excluding hydrogens is 246 g/mol. The van der Waals surface area contributed by atoms with Crippen LogP contribution in [0.2, 0.25) is 0 Å². The van der Waals surface area contributed by atoms with Crippen LogP contribution >= 0.6 is 0 Å². The Kier molecular flexibility index (Phi) is 3.72. The Morgan fingerprint density at radius 1 is 0.750 bits per heavy atom. The zero-order valence-corrected chi connectivity index (χ0v) is 12.1. The van der Waals surface area contributed by atoms with Crippen molar-refractivity contribution in [3.05, 3.63) is 65.2 Å². The van der Waals surface area contributed by atoms with E-state index in [1.165, 1.54) is 22.4 Å². The van der Waals surface area contributed by atoms with Crippen LogP contribution in [0.4, 0.5) is 5.69 Å². The van der Waals surface area contributed by atoms with Gasteiger partial charge in [0.1, 0.15) is 0 Å². The minimum absolute atomic E-state index is 1.01. The third kappa shape index (κ3) is 2.84. The van der Waals surface area contributed by atoms with E-state index in [1.807, 2.05) is 13.1 Å². The highest BCUT2D eigenvalue weighted by Gasteiger charge is 2.13. The van der Waals surface area contributed by atoms with Crippen molar-refractivity contribution in [1.82, 2.24) is 9.91 Å². The molecule has 2 aliphatic rings. The Morgan fingerprint density at radius 2 is 1.30 bits per heavy atom. The molecule has 0 spiro atoms. The van der Waals surface area contributed by atoms with Gasteiger partial charge in [-0.3, -0.25) is 4.90 Å². The summed E-state index contributed by atoms with van der Waals surface area (Å²) in [7, 11) is 4.19. The van der Waals surface area contributed by atoms with E-state index in [0.717, 1.165) is 19.6 Å². The van der Waals surface area contributed by atoms with Crippen LogP contribution in [0.15, 0.2) is 48.5 Å². The second-order valence-corrected chi connectivity index (χ2v) is 5.57. The van der Waals surface area contributed by atoms with Gasteiger partial charge in [-0.2, -0.15) is 0 Å². The van der Waals surface area contributed by atoms with E-state index in [0.29, 0.717) is 0 Å². The van der Waals surface area contributed by atoms with Gasteiger partial charge >= 0.3 is 0 Å². The van der Waals surface area contributed by atoms with Crippen LogP contribution in [0.25, 0.3) is 0 Å². The lowest BCUT2D eigenvalue weighted by Gasteiger charge is -2.06. The van der Waals surface area contributed by atoms with Crippen LogP contribution in [-0.2, 0) is 19.6 Å². The van der Waals surface area contributed by atoms with Crippen molar-refractivity contribution in [3.63, 3.8) is 0 Å². The summed E-state index contributed by atoms with van der Waals surface area (Å²) in [5, 5.41) is 2.07. The van der Waals surface area contributed by atoms with Gasteiger partial charge in [-0.15, -0.1) is 0 Å². The first-order valence-electron chi connectivity index (χ1n) is 7.03. The van der Waals surface area contributed by atoms with Crippen LogP contribution in [0, 0.1) is 0 Å². The molecule has 0 amide bonds. The maximum atomic E-state index is 3.23. The van der Waals surface area contributed by atoms with Gasteiger partial charge < -0.3 is 5.43 Å². The molecule has 4 rings (SSSR count). The SMILES string of the molecule is CN1Cc2ccccc2C1.CN1Cc2ccccc2N1. The molecule has 0 fully saturated rings. The number of fused-ring (bicyclic) bond motifs is 2. The van der Waals surface area contributed by atoms with E-state index in [-0.39, 0.29) is 0 Å². The zero-order valence-electron chi connectivity index (χ0n) is 12.1. The first kappa shape index (κ1) is 13.2. The van der Waals surface area contributed by atoms with Crippen molar-refractivity contribution in [1.29, 1.82) is 0 Å². The summed E-state index contributed by atoms with van der Waals surface area (Å²) in [6.07, 6.45) is 0. The molecule has 2 aromatic carbocycles. The molecule has 0 saturated carbocycles. The topological polar surface area (TPSA) is 18.5 Å². The van der Waals surface area contributed by atoms with Crippen molar-refractivity contribution in [2.45, 2.75) is 19.6 Å². The minimum Gasteiger partial charge on any atom is -0.318 e. The van der Waals surface area contributed by atoms with Gasteiger partial charge in [-0.25, -0.2) is 5.01 Å². The number of rotatable bonds is 0. The fourth-order valence-electron chi connectivity index (χ4n) is 2.77. The predicted molar refractivity (Wildman–Crippen MR) is 83.1 cm³/mol. The van der Waals surface area contributed by atoms with E-state index in [1.54, 1.807) is 0 Å². The van der Waals surface area contributed by atoms with Gasteiger partial charge in [0.15, 0.2) is 0 Å². The van der Waals surface area contributed by atoms with Gasteiger partial charge in [0.2, 0.25) is 0 Å². The van der Waals surface area contributed by atoms with Crippen LogP contribution in [0.5, 0.6) is 0 Å². The Labute approximate surface area is 120 Å². The largest absolute Gasteiger partial charge is 0.318 e. The van der Waals surface area contributed by atoms with E-state index in [9.17, 15) is 0 Å². The van der Waals surface area contributed by atoms with Crippen molar-refractivity contribution in [2.24, 2.45) is 0 Å². The maximum Gasteiger partial charge on any atom is 0.0535 e. The third-order valence-corrected chi connectivity index (χ3v) is 3.74. The average molecular weight is 267 g/mol. The molecule has 104 valence electrons. The Hall–Kier alpha value is -1.84. The fraction of sp³-hybridized carbons (Fsp3) is 0.294.